The van der Waals surface area contributed by atoms with Crippen LogP contribution in [0.2, 0.25) is 5.02 Å². The third-order valence-electron chi connectivity index (χ3n) is 2.53. The molecule has 0 atom stereocenters. The monoisotopic (exact) mass is 264 g/mol. The zero-order valence-corrected chi connectivity index (χ0v) is 10.0. The topological polar surface area (TPSA) is 77.5 Å². The number of hydrogen-bond donors (Lipinski definition) is 0. The molecule has 1 aromatic rings. The fourth-order valence-corrected chi connectivity index (χ4v) is 1.89. The summed E-state index contributed by atoms with van der Waals surface area (Å²) in [4.78, 5) is 34.9. The van der Waals surface area contributed by atoms with E-state index in [1.54, 1.807) is 0 Å². The summed E-state index contributed by atoms with van der Waals surface area (Å²) in [5, 5.41) is 10.6. The third kappa shape index (κ3) is 1.89. The number of benzene rings is 1. The van der Waals surface area contributed by atoms with Gasteiger partial charge >= 0.3 is 0 Å². The Morgan fingerprint density at radius 3 is 2.44 bits per heavy atom. The Labute approximate surface area is 107 Å². The molecule has 5 nitrogen and oxygen atoms in total. The maximum absolute atomic E-state index is 11.7. The minimum atomic E-state index is -1.42. The zero-order chi connectivity index (χ0) is 13.4. The third-order valence-corrected chi connectivity index (χ3v) is 2.84. The predicted octanol–water partition coefficient (Wildman–Crippen LogP) is 0.523. The van der Waals surface area contributed by atoms with Gasteiger partial charge in [0.25, 0.3) is 11.8 Å². The van der Waals surface area contributed by atoms with Crippen LogP contribution in [0.3, 0.4) is 0 Å². The molecule has 1 aliphatic rings. The molecule has 0 saturated carbocycles. The first kappa shape index (κ1) is 12.3. The number of amides is 2. The first-order valence-corrected chi connectivity index (χ1v) is 5.37. The summed E-state index contributed by atoms with van der Waals surface area (Å²) in [5.41, 5.74) is 0.359. The Morgan fingerprint density at radius 1 is 1.33 bits per heavy atom. The second-order valence-corrected chi connectivity index (χ2v) is 4.16. The number of hydrogen-bond acceptors (Lipinski definition) is 4. The molecule has 0 N–H and O–H groups in total. The highest BCUT2D eigenvalue weighted by atomic mass is 35.5. The minimum absolute atomic E-state index is 0.0855. The van der Waals surface area contributed by atoms with E-state index in [2.05, 4.69) is 0 Å². The highest BCUT2D eigenvalue weighted by molar-refractivity contribution is 6.35. The highest BCUT2D eigenvalue weighted by Gasteiger charge is 2.29. The molecular weight excluding hydrogens is 258 g/mol. The average Bonchev–Trinajstić information content (AvgIpc) is 2.52. The lowest BCUT2D eigenvalue weighted by atomic mass is 10.2. The fourth-order valence-electron chi connectivity index (χ4n) is 1.64. The Bertz CT molecular complexity index is 606. The van der Waals surface area contributed by atoms with Gasteiger partial charge in [-0.1, -0.05) is 11.6 Å². The van der Waals surface area contributed by atoms with Crippen LogP contribution in [0, 0.1) is 0 Å². The van der Waals surface area contributed by atoms with Crippen molar-refractivity contribution in [1.29, 1.82) is 0 Å². The van der Waals surface area contributed by atoms with E-state index in [0.29, 0.717) is 5.57 Å². The molecule has 0 spiro atoms. The molecule has 0 unspecified atom stereocenters. The smallest absolute Gasteiger partial charge is 0.261 e. The van der Waals surface area contributed by atoms with Crippen LogP contribution in [0.15, 0.2) is 29.8 Å². The number of aromatic carboxylic acids is 1. The van der Waals surface area contributed by atoms with Crippen LogP contribution in [-0.4, -0.2) is 17.8 Å². The Hall–Kier alpha value is -2.14. The second kappa shape index (κ2) is 4.27. The molecule has 0 radical (unpaired) electrons. The van der Waals surface area contributed by atoms with Crippen LogP contribution in [0.5, 0.6) is 0 Å². The van der Waals surface area contributed by atoms with Crippen molar-refractivity contribution in [3.05, 3.63) is 40.4 Å². The van der Waals surface area contributed by atoms with Crippen molar-refractivity contribution in [2.24, 2.45) is 0 Å². The Balaban J connectivity index is 2.43. The molecular formula is C12H7ClNO4-. The van der Waals surface area contributed by atoms with E-state index in [9.17, 15) is 19.5 Å². The van der Waals surface area contributed by atoms with E-state index in [1.165, 1.54) is 31.2 Å². The summed E-state index contributed by atoms with van der Waals surface area (Å²) in [7, 11) is 0. The summed E-state index contributed by atoms with van der Waals surface area (Å²) in [5.74, 6) is -2.34. The molecule has 6 heteroatoms. The summed E-state index contributed by atoms with van der Waals surface area (Å²) >= 11 is 5.75. The van der Waals surface area contributed by atoms with Crippen LogP contribution >= 0.6 is 11.6 Å². The molecule has 1 aromatic carbocycles. The van der Waals surface area contributed by atoms with Gasteiger partial charge < -0.3 is 9.90 Å². The molecule has 1 aliphatic heterocycles. The first-order valence-electron chi connectivity index (χ1n) is 4.99. The zero-order valence-electron chi connectivity index (χ0n) is 9.27. The van der Waals surface area contributed by atoms with E-state index in [-0.39, 0.29) is 16.3 Å². The van der Waals surface area contributed by atoms with Gasteiger partial charge in [-0.3, -0.25) is 9.59 Å². The lowest BCUT2D eigenvalue weighted by molar-refractivity contribution is -0.255. The fraction of sp³-hybridized carbons (Fsp3) is 0.0833. The normalized spacial score (nSPS) is 15.0. The van der Waals surface area contributed by atoms with Gasteiger partial charge in [0.1, 0.15) is 0 Å². The van der Waals surface area contributed by atoms with E-state index >= 15 is 0 Å². The molecule has 0 aromatic heterocycles. The van der Waals surface area contributed by atoms with Crippen LogP contribution in [0.25, 0.3) is 0 Å². The summed E-state index contributed by atoms with van der Waals surface area (Å²) in [6, 6.07) is 3.77. The highest BCUT2D eigenvalue weighted by Crippen LogP contribution is 2.27. The quantitative estimate of drug-likeness (QED) is 0.730. The minimum Gasteiger partial charge on any atom is -0.545 e. The Morgan fingerprint density at radius 2 is 2.00 bits per heavy atom. The molecule has 0 saturated heterocycles. The number of carboxylic acid groups (broad SMARTS) is 1. The average molecular weight is 265 g/mol. The molecule has 2 rings (SSSR count). The number of carbonyl (C=O) groups excluding carboxylic acids is 3. The lowest BCUT2D eigenvalue weighted by Crippen LogP contribution is -2.30. The van der Waals surface area contributed by atoms with E-state index < -0.39 is 17.8 Å². The Kier molecular flexibility index (Phi) is 2.92. The molecule has 0 aliphatic carbocycles. The van der Waals surface area contributed by atoms with Gasteiger partial charge in [0.2, 0.25) is 0 Å². The lowest BCUT2D eigenvalue weighted by Gasteiger charge is -2.16. The van der Waals surface area contributed by atoms with Crippen LogP contribution < -0.4 is 10.0 Å². The number of nitrogens with zero attached hydrogens (tertiary/aromatic N) is 1. The molecule has 0 fully saturated rings. The van der Waals surface area contributed by atoms with Crippen molar-refractivity contribution in [2.75, 3.05) is 4.90 Å². The second-order valence-electron chi connectivity index (χ2n) is 3.76. The summed E-state index contributed by atoms with van der Waals surface area (Å²) < 4.78 is 0. The van der Waals surface area contributed by atoms with Gasteiger partial charge in [-0.05, 0) is 25.1 Å². The van der Waals surface area contributed by atoms with Crippen molar-refractivity contribution in [2.45, 2.75) is 6.92 Å². The van der Waals surface area contributed by atoms with Gasteiger partial charge in [-0.15, -0.1) is 0 Å². The van der Waals surface area contributed by atoms with Crippen molar-refractivity contribution in [3.63, 3.8) is 0 Å². The van der Waals surface area contributed by atoms with Crippen LogP contribution in [0.4, 0.5) is 5.69 Å². The molecule has 0 bridgehead atoms. The van der Waals surface area contributed by atoms with Crippen molar-refractivity contribution < 1.29 is 19.5 Å². The van der Waals surface area contributed by atoms with Gasteiger partial charge in [0.15, 0.2) is 0 Å². The summed E-state index contributed by atoms with van der Waals surface area (Å²) in [6.45, 7) is 1.53. The van der Waals surface area contributed by atoms with E-state index in [0.717, 1.165) is 4.90 Å². The molecule has 18 heavy (non-hydrogen) atoms. The number of carboxylic acids is 1. The van der Waals surface area contributed by atoms with E-state index in [1.807, 2.05) is 0 Å². The van der Waals surface area contributed by atoms with Gasteiger partial charge in [0, 0.05) is 17.2 Å². The number of carbonyl (C=O) groups is 3. The van der Waals surface area contributed by atoms with Crippen molar-refractivity contribution in [3.8, 4) is 0 Å². The number of anilines is 1. The first-order chi connectivity index (χ1) is 8.41. The van der Waals surface area contributed by atoms with E-state index in [4.69, 9.17) is 11.6 Å². The van der Waals surface area contributed by atoms with Gasteiger partial charge in [-0.25, -0.2) is 4.90 Å². The van der Waals surface area contributed by atoms with Crippen LogP contribution in [-0.2, 0) is 9.59 Å². The van der Waals surface area contributed by atoms with Gasteiger partial charge in [-0.2, -0.15) is 0 Å². The number of rotatable bonds is 2. The number of imide groups is 1. The molecule has 2 amide bonds. The SMILES string of the molecule is CC1=CC(=O)N(c2ccc(C(=O)[O-])c(Cl)c2)C1=O. The number of halogens is 1. The summed E-state index contributed by atoms with van der Waals surface area (Å²) in [6.07, 6.45) is 1.21. The maximum atomic E-state index is 11.7. The van der Waals surface area contributed by atoms with Gasteiger partial charge in [0.05, 0.1) is 16.7 Å². The molecule has 1 heterocycles. The van der Waals surface area contributed by atoms with Crippen molar-refractivity contribution in [1.82, 2.24) is 0 Å². The predicted molar refractivity (Wildman–Crippen MR) is 62.0 cm³/mol. The molecule has 92 valence electrons. The maximum Gasteiger partial charge on any atom is 0.261 e. The van der Waals surface area contributed by atoms with Crippen molar-refractivity contribution >= 4 is 35.1 Å². The largest absolute Gasteiger partial charge is 0.545 e. The van der Waals surface area contributed by atoms with Crippen LogP contribution in [0.1, 0.15) is 17.3 Å². The standard InChI is InChI=1S/C12H8ClNO4/c1-6-4-10(15)14(11(6)16)7-2-3-8(12(17)18)9(13)5-7/h2-5H,1H3,(H,17,18)/p-1.